The molecule has 11 nitrogen and oxygen atoms in total. The molecule has 0 amide bonds. The fraction of sp³-hybridized carbons (Fsp3) is 0.276. The Morgan fingerprint density at radius 3 is 2.25 bits per heavy atom. The smallest absolute Gasteiger partial charge is 0.341 e. The highest BCUT2D eigenvalue weighted by Gasteiger charge is 2.18. The highest BCUT2D eigenvalue weighted by molar-refractivity contribution is 5.68. The van der Waals surface area contributed by atoms with Crippen LogP contribution < -0.4 is 4.74 Å². The highest BCUT2D eigenvalue weighted by Crippen LogP contribution is 2.24. The van der Waals surface area contributed by atoms with Crippen molar-refractivity contribution in [3.63, 3.8) is 0 Å². The molecular weight excluding hydrogens is 512 g/mol. The second kappa shape index (κ2) is 12.5. The van der Waals surface area contributed by atoms with Gasteiger partial charge in [-0.1, -0.05) is 35.5 Å². The number of nitro benzene ring substituents is 1. The Balaban J connectivity index is 1.10. The molecule has 1 aliphatic heterocycles. The molecule has 1 saturated heterocycles. The molecule has 0 radical (unpaired) electrons. The second-order valence-corrected chi connectivity index (χ2v) is 9.79. The van der Waals surface area contributed by atoms with E-state index < -0.39 is 5.97 Å². The molecule has 1 aliphatic rings. The van der Waals surface area contributed by atoms with Crippen molar-refractivity contribution >= 4 is 11.7 Å². The molecule has 1 aromatic heterocycles. The number of nitrogens with zero attached hydrogens (tertiary/aromatic N) is 6. The molecule has 1 fully saturated rings. The summed E-state index contributed by atoms with van der Waals surface area (Å²) < 4.78 is 7.04. The van der Waals surface area contributed by atoms with Gasteiger partial charge in [0.2, 0.25) is 0 Å². The number of carboxylic acids is 1. The van der Waals surface area contributed by atoms with Crippen LogP contribution in [0.25, 0.3) is 11.1 Å². The van der Waals surface area contributed by atoms with Crippen molar-refractivity contribution in [1.29, 1.82) is 0 Å². The Bertz CT molecular complexity index is 1460. The Hall–Kier alpha value is -4.61. The fourth-order valence-electron chi connectivity index (χ4n) is 4.77. The van der Waals surface area contributed by atoms with Gasteiger partial charge in [-0.05, 0) is 52.6 Å². The average molecular weight is 543 g/mol. The lowest BCUT2D eigenvalue weighted by Gasteiger charge is -2.34. The summed E-state index contributed by atoms with van der Waals surface area (Å²) in [5.41, 5.74) is 5.17. The van der Waals surface area contributed by atoms with E-state index in [-0.39, 0.29) is 17.2 Å². The second-order valence-electron chi connectivity index (χ2n) is 9.79. The Morgan fingerprint density at radius 1 is 0.875 bits per heavy atom. The molecular formula is C29H30N6O5. The van der Waals surface area contributed by atoms with Crippen LogP contribution in [0.5, 0.6) is 5.75 Å². The number of carboxylic acid groups (broad SMARTS) is 1. The van der Waals surface area contributed by atoms with Crippen LogP contribution in [0.15, 0.2) is 79.0 Å². The van der Waals surface area contributed by atoms with Gasteiger partial charge >= 0.3 is 5.97 Å². The van der Waals surface area contributed by atoms with Crippen LogP contribution >= 0.6 is 0 Å². The molecule has 206 valence electrons. The minimum absolute atomic E-state index is 0.0928. The van der Waals surface area contributed by atoms with Crippen LogP contribution in [-0.2, 0) is 24.4 Å². The van der Waals surface area contributed by atoms with Gasteiger partial charge in [0, 0.05) is 51.4 Å². The third-order valence-electron chi connectivity index (χ3n) is 6.79. The summed E-state index contributed by atoms with van der Waals surface area (Å²) in [7, 11) is 0. The maximum absolute atomic E-state index is 10.9. The van der Waals surface area contributed by atoms with Crippen LogP contribution in [0.1, 0.15) is 16.8 Å². The molecule has 0 bridgehead atoms. The minimum atomic E-state index is -1.01. The standard InChI is InChI=1S/C29H30N6O5/c36-29(37)21-40-28-6-2-4-23(16-28)18-34-20-26(30-31-34)19-33-13-11-32(12-14-33)17-22-3-1-5-25(15-22)24-7-9-27(10-8-24)35(38)39/h1-10,15-16,20H,11-14,17-19,21H2,(H,36,37). The zero-order valence-corrected chi connectivity index (χ0v) is 21.9. The van der Waals surface area contributed by atoms with Crippen molar-refractivity contribution in [2.45, 2.75) is 19.6 Å². The number of rotatable bonds is 11. The zero-order valence-electron chi connectivity index (χ0n) is 21.9. The molecule has 0 unspecified atom stereocenters. The van der Waals surface area contributed by atoms with Gasteiger partial charge in [-0.25, -0.2) is 9.48 Å². The van der Waals surface area contributed by atoms with E-state index in [0.717, 1.165) is 61.7 Å². The van der Waals surface area contributed by atoms with Crippen LogP contribution in [0.2, 0.25) is 0 Å². The van der Waals surface area contributed by atoms with Crippen molar-refractivity contribution in [3.05, 3.63) is 106 Å². The third-order valence-corrected chi connectivity index (χ3v) is 6.79. The fourth-order valence-corrected chi connectivity index (χ4v) is 4.77. The zero-order chi connectivity index (χ0) is 27.9. The molecule has 0 aliphatic carbocycles. The highest BCUT2D eigenvalue weighted by atomic mass is 16.6. The van der Waals surface area contributed by atoms with Crippen LogP contribution in [0.3, 0.4) is 0 Å². The number of hydrogen-bond donors (Lipinski definition) is 1. The quantitative estimate of drug-likeness (QED) is 0.223. The number of aliphatic carboxylic acids is 1. The summed E-state index contributed by atoms with van der Waals surface area (Å²) in [6.45, 7) is 5.46. The van der Waals surface area contributed by atoms with Crippen molar-refractivity contribution in [2.75, 3.05) is 32.8 Å². The Labute approximate surface area is 231 Å². The molecule has 4 aromatic rings. The van der Waals surface area contributed by atoms with E-state index in [1.54, 1.807) is 22.9 Å². The molecule has 40 heavy (non-hydrogen) atoms. The van der Waals surface area contributed by atoms with Crippen molar-refractivity contribution < 1.29 is 19.6 Å². The first-order valence-electron chi connectivity index (χ1n) is 13.0. The normalized spacial score (nSPS) is 14.2. The van der Waals surface area contributed by atoms with E-state index in [0.29, 0.717) is 12.3 Å². The lowest BCUT2D eigenvalue weighted by molar-refractivity contribution is -0.384. The Morgan fingerprint density at radius 2 is 1.55 bits per heavy atom. The van der Waals surface area contributed by atoms with Crippen molar-refractivity contribution in [1.82, 2.24) is 24.8 Å². The number of ether oxygens (including phenoxy) is 1. The molecule has 0 spiro atoms. The number of nitro groups is 1. The van der Waals surface area contributed by atoms with Gasteiger partial charge in [-0.2, -0.15) is 0 Å². The lowest BCUT2D eigenvalue weighted by Crippen LogP contribution is -2.45. The Kier molecular flexibility index (Phi) is 8.43. The minimum Gasteiger partial charge on any atom is -0.482 e. The van der Waals surface area contributed by atoms with Crippen molar-refractivity contribution in [3.8, 4) is 16.9 Å². The van der Waals surface area contributed by atoms with Gasteiger partial charge in [-0.15, -0.1) is 5.10 Å². The van der Waals surface area contributed by atoms with E-state index in [2.05, 4.69) is 32.2 Å². The van der Waals surface area contributed by atoms with E-state index >= 15 is 0 Å². The molecule has 0 atom stereocenters. The molecule has 0 saturated carbocycles. The van der Waals surface area contributed by atoms with Crippen molar-refractivity contribution in [2.24, 2.45) is 0 Å². The first-order chi connectivity index (χ1) is 19.4. The molecule has 1 N–H and O–H groups in total. The largest absolute Gasteiger partial charge is 0.482 e. The number of carbonyl (C=O) groups is 1. The van der Waals surface area contributed by atoms with Gasteiger partial charge in [-0.3, -0.25) is 19.9 Å². The van der Waals surface area contributed by atoms with Crippen LogP contribution in [-0.4, -0.2) is 73.6 Å². The van der Waals surface area contributed by atoms with Gasteiger partial charge in [0.25, 0.3) is 5.69 Å². The molecule has 2 heterocycles. The third kappa shape index (κ3) is 7.28. The number of non-ortho nitro benzene ring substituents is 1. The van der Waals surface area contributed by atoms with E-state index in [9.17, 15) is 14.9 Å². The maximum Gasteiger partial charge on any atom is 0.341 e. The van der Waals surface area contributed by atoms with E-state index in [1.165, 1.54) is 17.7 Å². The number of benzene rings is 3. The number of piperazine rings is 1. The first-order valence-corrected chi connectivity index (χ1v) is 13.0. The van der Waals surface area contributed by atoms with Crippen LogP contribution in [0, 0.1) is 10.1 Å². The van der Waals surface area contributed by atoms with Gasteiger partial charge in [0.05, 0.1) is 23.4 Å². The summed E-state index contributed by atoms with van der Waals surface area (Å²) >= 11 is 0. The predicted molar refractivity (Wildman–Crippen MR) is 148 cm³/mol. The molecule has 3 aromatic carbocycles. The predicted octanol–water partition coefficient (Wildman–Crippen LogP) is 3.68. The lowest BCUT2D eigenvalue weighted by atomic mass is 10.0. The van der Waals surface area contributed by atoms with Gasteiger partial charge in [0.15, 0.2) is 6.61 Å². The summed E-state index contributed by atoms with van der Waals surface area (Å²) in [5, 5.41) is 28.3. The average Bonchev–Trinajstić information content (AvgIpc) is 3.40. The number of aromatic nitrogens is 3. The molecule has 5 rings (SSSR count). The SMILES string of the molecule is O=C(O)COc1cccc(Cn2cc(CN3CCN(Cc4cccc(-c5ccc([N+](=O)[O-])cc5)c4)CC3)nn2)c1. The topological polar surface area (TPSA) is 127 Å². The van der Waals surface area contributed by atoms with Crippen LogP contribution in [0.4, 0.5) is 5.69 Å². The number of hydrogen-bond acceptors (Lipinski definition) is 8. The maximum atomic E-state index is 10.9. The van der Waals surface area contributed by atoms with E-state index in [1.807, 2.05) is 36.5 Å². The first kappa shape index (κ1) is 27.0. The molecule has 11 heteroatoms. The summed E-state index contributed by atoms with van der Waals surface area (Å²) in [6, 6.07) is 22.3. The summed E-state index contributed by atoms with van der Waals surface area (Å²) in [4.78, 5) is 26.1. The monoisotopic (exact) mass is 542 g/mol. The van der Waals surface area contributed by atoms with E-state index in [4.69, 9.17) is 9.84 Å². The van der Waals surface area contributed by atoms with Gasteiger partial charge in [0.1, 0.15) is 5.75 Å². The van der Waals surface area contributed by atoms with Gasteiger partial charge < -0.3 is 9.84 Å². The summed E-state index contributed by atoms with van der Waals surface area (Å²) in [5.74, 6) is -0.503. The summed E-state index contributed by atoms with van der Waals surface area (Å²) in [6.07, 6.45) is 1.95.